The van der Waals surface area contributed by atoms with Crippen LogP contribution in [0.4, 0.5) is 5.82 Å². The lowest BCUT2D eigenvalue weighted by Gasteiger charge is -2.12. The van der Waals surface area contributed by atoms with Gasteiger partial charge in [0.2, 0.25) is 0 Å². The van der Waals surface area contributed by atoms with Crippen molar-refractivity contribution in [3.05, 3.63) is 77.0 Å². The smallest absolute Gasteiger partial charge is 0.335 e. The summed E-state index contributed by atoms with van der Waals surface area (Å²) in [6.07, 6.45) is 8.38. The van der Waals surface area contributed by atoms with Crippen LogP contribution in [0, 0.1) is 0 Å². The van der Waals surface area contributed by atoms with Crippen LogP contribution in [0.5, 0.6) is 5.75 Å². The van der Waals surface area contributed by atoms with Crippen LogP contribution in [-0.4, -0.2) is 32.3 Å². The number of nitrogens with zero attached hydrogens (tertiary/aromatic N) is 4. The first-order valence-electron chi connectivity index (χ1n) is 10.6. The summed E-state index contributed by atoms with van der Waals surface area (Å²) in [6, 6.07) is 15.9. The summed E-state index contributed by atoms with van der Waals surface area (Å²) in [4.78, 5) is 22.5. The topological polar surface area (TPSA) is 74.0 Å². The van der Waals surface area contributed by atoms with E-state index in [0.29, 0.717) is 18.2 Å². The second kappa shape index (κ2) is 8.26. The number of nitrogens with one attached hydrogen (secondary N) is 1. The number of benzene rings is 1. The summed E-state index contributed by atoms with van der Waals surface area (Å²) in [7, 11) is 1.64. The normalized spacial score (nSPS) is 14.2. The van der Waals surface area contributed by atoms with E-state index in [1.54, 1.807) is 28.6 Å². The number of hydrogen-bond acceptors (Lipinski definition) is 5. The summed E-state index contributed by atoms with van der Waals surface area (Å²) < 4.78 is 8.60. The highest BCUT2D eigenvalue weighted by Gasteiger charge is 2.17. The van der Waals surface area contributed by atoms with Crippen LogP contribution in [0.15, 0.2) is 65.7 Å². The lowest BCUT2D eigenvalue weighted by Crippen LogP contribution is -2.24. The highest BCUT2D eigenvalue weighted by molar-refractivity contribution is 5.74. The van der Waals surface area contributed by atoms with Gasteiger partial charge in [-0.3, -0.25) is 9.13 Å². The molecule has 3 aromatic heterocycles. The van der Waals surface area contributed by atoms with Crippen LogP contribution >= 0.6 is 0 Å². The molecule has 7 nitrogen and oxygen atoms in total. The van der Waals surface area contributed by atoms with Gasteiger partial charge in [0, 0.05) is 12.2 Å². The number of ether oxygens (including phenoxy) is 1. The van der Waals surface area contributed by atoms with Crippen molar-refractivity contribution in [1.82, 2.24) is 19.1 Å². The van der Waals surface area contributed by atoms with Crippen LogP contribution in [0.2, 0.25) is 0 Å². The van der Waals surface area contributed by atoms with E-state index in [-0.39, 0.29) is 5.69 Å². The van der Waals surface area contributed by atoms with E-state index in [2.05, 4.69) is 15.3 Å². The van der Waals surface area contributed by atoms with Crippen LogP contribution < -0.4 is 15.7 Å². The Labute approximate surface area is 180 Å². The number of anilines is 1. The zero-order valence-corrected chi connectivity index (χ0v) is 17.5. The molecule has 1 aromatic carbocycles. The Kier molecular flexibility index (Phi) is 5.16. The molecule has 1 fully saturated rings. The highest BCUT2D eigenvalue weighted by Crippen LogP contribution is 2.22. The van der Waals surface area contributed by atoms with E-state index in [9.17, 15) is 4.79 Å². The van der Waals surface area contributed by atoms with Crippen molar-refractivity contribution in [3.63, 3.8) is 0 Å². The van der Waals surface area contributed by atoms with Crippen molar-refractivity contribution < 1.29 is 4.74 Å². The average molecular weight is 415 g/mol. The van der Waals surface area contributed by atoms with Crippen LogP contribution in [0.1, 0.15) is 31.2 Å². The minimum absolute atomic E-state index is 0.136. The van der Waals surface area contributed by atoms with Gasteiger partial charge in [0.25, 0.3) is 0 Å². The quantitative estimate of drug-likeness (QED) is 0.515. The Bertz CT molecular complexity index is 1240. The number of fused-ring (bicyclic) bond motifs is 1. The number of rotatable bonds is 6. The molecule has 0 spiro atoms. The van der Waals surface area contributed by atoms with Gasteiger partial charge in [-0.1, -0.05) is 25.0 Å². The summed E-state index contributed by atoms with van der Waals surface area (Å²) in [5.41, 5.74) is 3.01. The van der Waals surface area contributed by atoms with E-state index >= 15 is 0 Å². The monoisotopic (exact) mass is 415 g/mol. The SMILES string of the molecule is COc1ccc(Cn2c(=O)n(-c3ccc(NC4CCCC4)nc3)c3cccnc32)cc1. The molecule has 0 bridgehead atoms. The van der Waals surface area contributed by atoms with Crippen molar-refractivity contribution in [3.8, 4) is 11.4 Å². The van der Waals surface area contributed by atoms with Crippen LogP contribution in [0.25, 0.3) is 16.9 Å². The van der Waals surface area contributed by atoms with Gasteiger partial charge in [-0.05, 0) is 54.8 Å². The summed E-state index contributed by atoms with van der Waals surface area (Å²) in [6.45, 7) is 0.429. The number of pyridine rings is 2. The molecule has 1 saturated carbocycles. The van der Waals surface area contributed by atoms with Gasteiger partial charge in [-0.2, -0.15) is 0 Å². The first-order valence-corrected chi connectivity index (χ1v) is 10.6. The standard InChI is InChI=1S/C24H25N5O2/c1-31-20-11-8-17(9-12-20)16-28-23-21(7-4-14-25-23)29(24(28)30)19-10-13-22(26-15-19)27-18-5-2-3-6-18/h4,7-15,18H,2-3,5-6,16H2,1H3,(H,26,27). The molecule has 0 radical (unpaired) electrons. The lowest BCUT2D eigenvalue weighted by molar-refractivity contribution is 0.414. The van der Waals surface area contributed by atoms with Gasteiger partial charge >= 0.3 is 5.69 Å². The molecule has 158 valence electrons. The molecule has 1 N–H and O–H groups in total. The number of imidazole rings is 1. The van der Waals surface area contributed by atoms with Gasteiger partial charge in [-0.25, -0.2) is 14.8 Å². The Balaban J connectivity index is 1.50. The third-order valence-corrected chi connectivity index (χ3v) is 5.90. The summed E-state index contributed by atoms with van der Waals surface area (Å²) in [5.74, 6) is 1.64. The predicted octanol–water partition coefficient (Wildman–Crippen LogP) is 3.99. The van der Waals surface area contributed by atoms with E-state index in [4.69, 9.17) is 4.74 Å². The molecule has 7 heteroatoms. The van der Waals surface area contributed by atoms with Crippen molar-refractivity contribution in [2.45, 2.75) is 38.3 Å². The molecule has 1 aliphatic carbocycles. The minimum Gasteiger partial charge on any atom is -0.497 e. The molecular weight excluding hydrogens is 390 g/mol. The lowest BCUT2D eigenvalue weighted by atomic mass is 10.2. The molecule has 31 heavy (non-hydrogen) atoms. The van der Waals surface area contributed by atoms with Crippen molar-refractivity contribution in [2.24, 2.45) is 0 Å². The predicted molar refractivity (Wildman–Crippen MR) is 121 cm³/mol. The number of aromatic nitrogens is 4. The van der Waals surface area contributed by atoms with Gasteiger partial charge in [0.15, 0.2) is 5.65 Å². The highest BCUT2D eigenvalue weighted by atomic mass is 16.5. The molecule has 0 atom stereocenters. The molecule has 5 rings (SSSR count). The summed E-state index contributed by atoms with van der Waals surface area (Å²) >= 11 is 0. The molecule has 1 aliphatic rings. The minimum atomic E-state index is -0.136. The van der Waals surface area contributed by atoms with Gasteiger partial charge in [0.05, 0.1) is 31.1 Å². The van der Waals surface area contributed by atoms with Gasteiger partial charge < -0.3 is 10.1 Å². The zero-order valence-electron chi connectivity index (χ0n) is 17.5. The molecule has 0 aliphatic heterocycles. The fourth-order valence-electron chi connectivity index (χ4n) is 4.27. The van der Waals surface area contributed by atoms with Gasteiger partial charge in [0.1, 0.15) is 11.6 Å². The first kappa shape index (κ1) is 19.4. The molecule has 0 saturated heterocycles. The number of methoxy groups -OCH3 is 1. The molecule has 3 heterocycles. The largest absolute Gasteiger partial charge is 0.497 e. The Morgan fingerprint density at radius 3 is 2.58 bits per heavy atom. The Morgan fingerprint density at radius 2 is 1.87 bits per heavy atom. The maximum atomic E-state index is 13.4. The molecule has 0 unspecified atom stereocenters. The maximum absolute atomic E-state index is 13.4. The molecule has 0 amide bonds. The average Bonchev–Trinajstić information content (AvgIpc) is 3.41. The van der Waals surface area contributed by atoms with Crippen molar-refractivity contribution in [2.75, 3.05) is 12.4 Å². The van der Waals surface area contributed by atoms with E-state index < -0.39 is 0 Å². The Hall–Kier alpha value is -3.61. The molecule has 4 aromatic rings. The fraction of sp³-hybridized carbons (Fsp3) is 0.292. The van der Waals surface area contributed by atoms with Crippen molar-refractivity contribution in [1.29, 1.82) is 0 Å². The first-order chi connectivity index (χ1) is 15.2. The third-order valence-electron chi connectivity index (χ3n) is 5.90. The zero-order chi connectivity index (χ0) is 21.2. The van der Waals surface area contributed by atoms with E-state index in [1.165, 1.54) is 25.7 Å². The van der Waals surface area contributed by atoms with Crippen LogP contribution in [0.3, 0.4) is 0 Å². The van der Waals surface area contributed by atoms with Crippen molar-refractivity contribution >= 4 is 17.0 Å². The fourth-order valence-corrected chi connectivity index (χ4v) is 4.27. The third kappa shape index (κ3) is 3.79. The maximum Gasteiger partial charge on any atom is 0.335 e. The summed E-state index contributed by atoms with van der Waals surface area (Å²) in [5, 5.41) is 3.49. The van der Waals surface area contributed by atoms with E-state index in [0.717, 1.165) is 28.3 Å². The number of hydrogen-bond donors (Lipinski definition) is 1. The second-order valence-corrected chi connectivity index (χ2v) is 7.93. The van der Waals surface area contributed by atoms with E-state index in [1.807, 2.05) is 48.5 Å². The Morgan fingerprint density at radius 1 is 1.06 bits per heavy atom. The van der Waals surface area contributed by atoms with Gasteiger partial charge in [-0.15, -0.1) is 0 Å². The second-order valence-electron chi connectivity index (χ2n) is 7.93. The van der Waals surface area contributed by atoms with Crippen LogP contribution in [-0.2, 0) is 6.54 Å². The molecular formula is C24H25N5O2.